The fourth-order valence-electron chi connectivity index (χ4n) is 0.612. The van der Waals surface area contributed by atoms with Gasteiger partial charge in [-0.3, -0.25) is 4.79 Å². The molecule has 0 amide bonds. The van der Waals surface area contributed by atoms with Gasteiger partial charge in [0.25, 0.3) is 4.58 Å². The monoisotopic (exact) mass is 256 g/mol. The fourth-order valence-corrected chi connectivity index (χ4v) is 0.973. The number of hydrogen-bond donors (Lipinski definition) is 0. The predicted molar refractivity (Wildman–Crippen MR) is 46.0 cm³/mol. The maximum atomic E-state index is 13.2. The molecule has 0 heterocycles. The Labute approximate surface area is 83.5 Å². The highest BCUT2D eigenvalue weighted by Crippen LogP contribution is 2.27. The van der Waals surface area contributed by atoms with Crippen LogP contribution in [0.15, 0.2) is 0 Å². The lowest BCUT2D eigenvalue weighted by Gasteiger charge is -2.13. The molecule has 0 radical (unpaired) electrons. The Morgan fingerprint density at radius 3 is 2.31 bits per heavy atom. The summed E-state index contributed by atoms with van der Waals surface area (Å²) in [5.74, 6) is -1.64. The summed E-state index contributed by atoms with van der Waals surface area (Å²) in [5.41, 5.74) is 0. The average molecular weight is 257 g/mol. The third kappa shape index (κ3) is 4.21. The normalized spacial score (nSPS) is 14.5. The molecule has 1 atom stereocenters. The number of carbonyl (C=O) groups excluding carboxylic acids is 2. The van der Waals surface area contributed by atoms with Crippen molar-refractivity contribution >= 4 is 27.9 Å². The molecule has 76 valence electrons. The van der Waals surface area contributed by atoms with Crippen molar-refractivity contribution in [2.24, 2.45) is 0 Å². The van der Waals surface area contributed by atoms with Gasteiger partial charge in [-0.2, -0.15) is 0 Å². The molecule has 0 fully saturated rings. The van der Waals surface area contributed by atoms with Gasteiger partial charge in [0.2, 0.25) is 0 Å². The van der Waals surface area contributed by atoms with Crippen molar-refractivity contribution in [2.45, 2.75) is 17.4 Å². The molecule has 0 aromatic carbocycles. The van der Waals surface area contributed by atoms with E-state index < -0.39 is 16.5 Å². The van der Waals surface area contributed by atoms with Gasteiger partial charge >= 0.3 is 11.9 Å². The van der Waals surface area contributed by atoms with Crippen LogP contribution in [0.4, 0.5) is 4.39 Å². The van der Waals surface area contributed by atoms with Crippen LogP contribution in [0.5, 0.6) is 0 Å². The highest BCUT2D eigenvalue weighted by atomic mass is 79.9. The molecule has 0 aliphatic carbocycles. The Balaban J connectivity index is 4.03. The van der Waals surface area contributed by atoms with Gasteiger partial charge in [-0.05, 0) is 15.9 Å². The van der Waals surface area contributed by atoms with Crippen LogP contribution >= 0.6 is 15.9 Å². The van der Waals surface area contributed by atoms with Crippen LogP contribution in [0.3, 0.4) is 0 Å². The van der Waals surface area contributed by atoms with Crippen LogP contribution in [0.25, 0.3) is 0 Å². The molecule has 13 heavy (non-hydrogen) atoms. The van der Waals surface area contributed by atoms with Gasteiger partial charge in [0.05, 0.1) is 14.2 Å². The minimum Gasteiger partial charge on any atom is -0.469 e. The van der Waals surface area contributed by atoms with E-state index in [9.17, 15) is 14.0 Å². The minimum absolute atomic E-state index is 0.187. The second-order valence-electron chi connectivity index (χ2n) is 2.27. The Hall–Kier alpha value is -0.650. The summed E-state index contributed by atoms with van der Waals surface area (Å²) in [6.07, 6.45) is -0.500. The number of methoxy groups -OCH3 is 2. The summed E-state index contributed by atoms with van der Waals surface area (Å²) in [7, 11) is 2.25. The van der Waals surface area contributed by atoms with E-state index in [1.54, 1.807) is 0 Å². The van der Waals surface area contributed by atoms with Crippen molar-refractivity contribution in [1.82, 2.24) is 0 Å². The fraction of sp³-hybridized carbons (Fsp3) is 0.714. The molecule has 1 unspecified atom stereocenters. The third-order valence-electron chi connectivity index (χ3n) is 1.35. The summed E-state index contributed by atoms with van der Waals surface area (Å²) >= 11 is 2.52. The molecule has 0 aromatic heterocycles. The van der Waals surface area contributed by atoms with Crippen LogP contribution in [0, 0.1) is 0 Å². The van der Waals surface area contributed by atoms with E-state index in [0.717, 1.165) is 7.11 Å². The van der Waals surface area contributed by atoms with Crippen molar-refractivity contribution in [1.29, 1.82) is 0 Å². The second kappa shape index (κ2) is 5.16. The molecule has 4 nitrogen and oxygen atoms in total. The lowest BCUT2D eigenvalue weighted by molar-refractivity contribution is -0.149. The zero-order valence-corrected chi connectivity index (χ0v) is 8.89. The topological polar surface area (TPSA) is 52.6 Å². The van der Waals surface area contributed by atoms with E-state index in [-0.39, 0.29) is 12.8 Å². The number of esters is 2. The molecule has 0 saturated carbocycles. The molecule has 0 aromatic rings. The predicted octanol–water partition coefficient (Wildman–Crippen LogP) is 1.17. The van der Waals surface area contributed by atoms with Gasteiger partial charge in [-0.15, -0.1) is 0 Å². The Bertz CT molecular complexity index is 205. The van der Waals surface area contributed by atoms with Gasteiger partial charge < -0.3 is 9.47 Å². The minimum atomic E-state index is -2.31. The largest absolute Gasteiger partial charge is 0.469 e. The molecule has 0 bridgehead atoms. The Morgan fingerprint density at radius 1 is 1.38 bits per heavy atom. The van der Waals surface area contributed by atoms with Gasteiger partial charge in [0.15, 0.2) is 0 Å². The van der Waals surface area contributed by atoms with E-state index in [1.165, 1.54) is 7.11 Å². The maximum Gasteiger partial charge on any atom is 0.354 e. The van der Waals surface area contributed by atoms with Crippen molar-refractivity contribution < 1.29 is 23.5 Å². The SMILES string of the molecule is COC(=O)CCC(F)(Br)C(=O)OC. The summed E-state index contributed by atoms with van der Waals surface area (Å²) in [6, 6.07) is 0. The van der Waals surface area contributed by atoms with E-state index in [1.807, 2.05) is 0 Å². The van der Waals surface area contributed by atoms with Crippen molar-refractivity contribution in [3.63, 3.8) is 0 Å². The molecule has 0 saturated heterocycles. The molecular weight excluding hydrogens is 247 g/mol. The highest BCUT2D eigenvalue weighted by molar-refractivity contribution is 9.10. The average Bonchev–Trinajstić information content (AvgIpc) is 2.12. The first-order chi connectivity index (χ1) is 5.94. The standard InChI is InChI=1S/C7H10BrFO4/c1-12-5(10)3-4-7(8,9)6(11)13-2/h3-4H2,1-2H3. The molecule has 0 spiro atoms. The number of halogens is 2. The smallest absolute Gasteiger partial charge is 0.354 e. The van der Waals surface area contributed by atoms with Crippen molar-refractivity contribution in [2.75, 3.05) is 14.2 Å². The lowest BCUT2D eigenvalue weighted by atomic mass is 10.2. The first-order valence-corrected chi connectivity index (χ1v) is 4.26. The molecule has 0 aliphatic rings. The van der Waals surface area contributed by atoms with Crippen LogP contribution in [-0.4, -0.2) is 30.7 Å². The first kappa shape index (κ1) is 12.3. The molecule has 0 rings (SSSR count). The third-order valence-corrected chi connectivity index (χ3v) is 2.08. The quantitative estimate of drug-likeness (QED) is 0.560. The summed E-state index contributed by atoms with van der Waals surface area (Å²) < 4.78 is 19.4. The molecule has 0 aliphatic heterocycles. The summed E-state index contributed by atoms with van der Waals surface area (Å²) in [4.78, 5) is 21.3. The summed E-state index contributed by atoms with van der Waals surface area (Å²) in [5, 5.41) is 0. The number of alkyl halides is 2. The molecular formula is C7H10BrFO4. The second-order valence-corrected chi connectivity index (χ2v) is 3.53. The van der Waals surface area contributed by atoms with E-state index in [0.29, 0.717) is 0 Å². The Kier molecular flexibility index (Phi) is 4.90. The van der Waals surface area contributed by atoms with Crippen LogP contribution in [0.2, 0.25) is 0 Å². The first-order valence-electron chi connectivity index (χ1n) is 3.47. The highest BCUT2D eigenvalue weighted by Gasteiger charge is 2.37. The molecule has 6 heteroatoms. The number of hydrogen-bond acceptors (Lipinski definition) is 4. The number of carbonyl (C=O) groups is 2. The summed E-state index contributed by atoms with van der Waals surface area (Å²) in [6.45, 7) is 0. The van der Waals surface area contributed by atoms with Crippen LogP contribution in [0.1, 0.15) is 12.8 Å². The van der Waals surface area contributed by atoms with Crippen molar-refractivity contribution in [3.8, 4) is 0 Å². The Morgan fingerprint density at radius 2 is 1.92 bits per heavy atom. The number of ether oxygens (including phenoxy) is 2. The van der Waals surface area contributed by atoms with Gasteiger partial charge in [0, 0.05) is 12.8 Å². The maximum absolute atomic E-state index is 13.2. The van der Waals surface area contributed by atoms with E-state index in [4.69, 9.17) is 0 Å². The molecule has 0 N–H and O–H groups in total. The van der Waals surface area contributed by atoms with E-state index >= 15 is 0 Å². The van der Waals surface area contributed by atoms with Crippen LogP contribution < -0.4 is 0 Å². The van der Waals surface area contributed by atoms with Gasteiger partial charge in [0.1, 0.15) is 0 Å². The zero-order chi connectivity index (χ0) is 10.5. The zero-order valence-electron chi connectivity index (χ0n) is 7.30. The van der Waals surface area contributed by atoms with Gasteiger partial charge in [-0.1, -0.05) is 0 Å². The van der Waals surface area contributed by atoms with Gasteiger partial charge in [-0.25, -0.2) is 9.18 Å². The number of rotatable bonds is 4. The lowest BCUT2D eigenvalue weighted by Crippen LogP contribution is -2.28. The van der Waals surface area contributed by atoms with Crippen LogP contribution in [-0.2, 0) is 19.1 Å². The van der Waals surface area contributed by atoms with Crippen molar-refractivity contribution in [3.05, 3.63) is 0 Å². The van der Waals surface area contributed by atoms with E-state index in [2.05, 4.69) is 25.4 Å².